The van der Waals surface area contributed by atoms with Gasteiger partial charge in [0.15, 0.2) is 0 Å². The molecule has 4 heterocycles. The van der Waals surface area contributed by atoms with Crippen molar-refractivity contribution in [1.82, 2.24) is 15.0 Å². The second-order valence-electron chi connectivity index (χ2n) is 5.45. The van der Waals surface area contributed by atoms with Gasteiger partial charge in [-0.2, -0.15) is 0 Å². The number of carbonyl (C=O) groups is 1. The zero-order valence-corrected chi connectivity index (χ0v) is 16.3. The number of hydrogen-bond acceptors (Lipinski definition) is 6. The van der Waals surface area contributed by atoms with Crippen LogP contribution in [0.15, 0.2) is 55.0 Å². The van der Waals surface area contributed by atoms with Gasteiger partial charge in [0.05, 0.1) is 21.9 Å². The van der Waals surface area contributed by atoms with Gasteiger partial charge in [-0.3, -0.25) is 14.8 Å². The number of pyridine rings is 3. The summed E-state index contributed by atoms with van der Waals surface area (Å²) in [5.41, 5.74) is 8.51. The highest BCUT2D eigenvalue weighted by molar-refractivity contribution is 14.1. The SMILES string of the molecule is Nc1ccnc(-c2ccnc(I)c2)c1NC(=O)c1cc2cccnc2s1. The molecule has 0 aliphatic heterocycles. The van der Waals surface area contributed by atoms with Crippen molar-refractivity contribution in [2.75, 3.05) is 11.1 Å². The first-order valence-corrected chi connectivity index (χ1v) is 9.53. The maximum Gasteiger partial charge on any atom is 0.265 e. The molecule has 0 atom stereocenters. The Morgan fingerprint density at radius 2 is 1.92 bits per heavy atom. The zero-order chi connectivity index (χ0) is 18.1. The molecule has 0 unspecified atom stereocenters. The van der Waals surface area contributed by atoms with E-state index in [1.807, 2.05) is 30.3 Å². The van der Waals surface area contributed by atoms with Crippen molar-refractivity contribution < 1.29 is 4.79 Å². The average molecular weight is 473 g/mol. The Morgan fingerprint density at radius 1 is 1.08 bits per heavy atom. The highest BCUT2D eigenvalue weighted by Gasteiger charge is 2.17. The molecule has 128 valence electrons. The maximum atomic E-state index is 12.8. The summed E-state index contributed by atoms with van der Waals surface area (Å²) in [6, 6.07) is 11.0. The molecular formula is C18H12IN5OS. The summed E-state index contributed by atoms with van der Waals surface area (Å²) in [4.78, 5) is 27.0. The normalized spacial score (nSPS) is 10.8. The molecule has 0 fully saturated rings. The first-order chi connectivity index (χ1) is 12.6. The fourth-order valence-corrected chi connectivity index (χ4v) is 3.93. The Morgan fingerprint density at radius 3 is 2.73 bits per heavy atom. The fraction of sp³-hybridized carbons (Fsp3) is 0. The fourth-order valence-electron chi connectivity index (χ4n) is 2.54. The molecule has 4 aromatic heterocycles. The van der Waals surface area contributed by atoms with E-state index in [9.17, 15) is 4.79 Å². The first-order valence-electron chi connectivity index (χ1n) is 7.64. The summed E-state index contributed by atoms with van der Waals surface area (Å²) >= 11 is 3.47. The van der Waals surface area contributed by atoms with Crippen LogP contribution in [0.5, 0.6) is 0 Å². The number of nitrogen functional groups attached to an aromatic ring is 1. The molecule has 0 saturated heterocycles. The molecule has 1 amide bonds. The van der Waals surface area contributed by atoms with Crippen molar-refractivity contribution in [2.24, 2.45) is 0 Å². The van der Waals surface area contributed by atoms with Crippen LogP contribution in [0.2, 0.25) is 0 Å². The van der Waals surface area contributed by atoms with Crippen molar-refractivity contribution in [2.45, 2.75) is 0 Å². The Labute approximate surface area is 166 Å². The van der Waals surface area contributed by atoms with Gasteiger partial charge in [0, 0.05) is 29.5 Å². The molecule has 0 aromatic carbocycles. The predicted molar refractivity (Wildman–Crippen MR) is 112 cm³/mol. The molecular weight excluding hydrogens is 461 g/mol. The lowest BCUT2D eigenvalue weighted by molar-refractivity contribution is 0.103. The molecule has 3 N–H and O–H groups in total. The monoisotopic (exact) mass is 473 g/mol. The van der Waals surface area contributed by atoms with Crippen molar-refractivity contribution in [3.63, 3.8) is 0 Å². The van der Waals surface area contributed by atoms with E-state index >= 15 is 0 Å². The minimum atomic E-state index is -0.238. The van der Waals surface area contributed by atoms with Crippen LogP contribution in [-0.2, 0) is 0 Å². The third kappa shape index (κ3) is 3.25. The second kappa shape index (κ2) is 6.96. The van der Waals surface area contributed by atoms with Crippen LogP contribution in [0.4, 0.5) is 11.4 Å². The van der Waals surface area contributed by atoms with E-state index in [0.29, 0.717) is 21.9 Å². The summed E-state index contributed by atoms with van der Waals surface area (Å²) in [6.45, 7) is 0. The highest BCUT2D eigenvalue weighted by Crippen LogP contribution is 2.32. The van der Waals surface area contributed by atoms with E-state index in [2.05, 4.69) is 42.9 Å². The van der Waals surface area contributed by atoms with Crippen LogP contribution < -0.4 is 11.1 Å². The number of carbonyl (C=O) groups excluding carboxylic acids is 1. The lowest BCUT2D eigenvalue weighted by Crippen LogP contribution is -2.13. The van der Waals surface area contributed by atoms with Gasteiger partial charge in [-0.05, 0) is 52.9 Å². The standard InChI is InChI=1S/C18H12IN5OS/c19-14-9-10(3-6-21-14)15-16(12(20)4-7-22-15)24-17(25)13-8-11-2-1-5-23-18(11)26-13/h1-9H,(H2,20,22)(H,24,25). The Hall–Kier alpha value is -2.59. The topological polar surface area (TPSA) is 93.8 Å². The number of nitrogens with zero attached hydrogens (tertiary/aromatic N) is 3. The number of fused-ring (bicyclic) bond motifs is 1. The number of rotatable bonds is 3. The van der Waals surface area contributed by atoms with Crippen LogP contribution in [0, 0.1) is 3.70 Å². The molecule has 0 aliphatic rings. The quantitative estimate of drug-likeness (QED) is 0.344. The van der Waals surface area contributed by atoms with E-state index in [0.717, 1.165) is 19.5 Å². The number of anilines is 2. The van der Waals surface area contributed by atoms with E-state index in [1.165, 1.54) is 11.3 Å². The first kappa shape index (κ1) is 16.9. The van der Waals surface area contributed by atoms with Crippen molar-refractivity contribution in [1.29, 1.82) is 0 Å². The highest BCUT2D eigenvalue weighted by atomic mass is 127. The third-order valence-corrected chi connectivity index (χ3v) is 5.39. The van der Waals surface area contributed by atoms with Gasteiger partial charge in [0.25, 0.3) is 5.91 Å². The number of nitrogens with one attached hydrogen (secondary N) is 1. The molecule has 6 nitrogen and oxygen atoms in total. The minimum absolute atomic E-state index is 0.238. The molecule has 0 spiro atoms. The van der Waals surface area contributed by atoms with Crippen LogP contribution >= 0.6 is 33.9 Å². The molecule has 8 heteroatoms. The van der Waals surface area contributed by atoms with E-state index in [-0.39, 0.29) is 5.91 Å². The zero-order valence-electron chi connectivity index (χ0n) is 13.3. The average Bonchev–Trinajstić information content (AvgIpc) is 3.07. The van der Waals surface area contributed by atoms with Crippen molar-refractivity contribution in [3.05, 3.63) is 63.6 Å². The number of amides is 1. The summed E-state index contributed by atoms with van der Waals surface area (Å²) in [5.74, 6) is -0.238. The van der Waals surface area contributed by atoms with Crippen LogP contribution in [-0.4, -0.2) is 20.9 Å². The number of aromatic nitrogens is 3. The Kier molecular flexibility index (Phi) is 4.51. The van der Waals surface area contributed by atoms with Crippen molar-refractivity contribution in [3.8, 4) is 11.3 Å². The van der Waals surface area contributed by atoms with Gasteiger partial charge in [-0.25, -0.2) is 4.98 Å². The van der Waals surface area contributed by atoms with E-state index < -0.39 is 0 Å². The minimum Gasteiger partial charge on any atom is -0.397 e. The molecule has 0 bridgehead atoms. The molecule has 4 aromatic rings. The lowest BCUT2D eigenvalue weighted by atomic mass is 10.1. The summed E-state index contributed by atoms with van der Waals surface area (Å²) in [5, 5.41) is 3.84. The lowest BCUT2D eigenvalue weighted by Gasteiger charge is -2.12. The maximum absolute atomic E-state index is 12.8. The van der Waals surface area contributed by atoms with E-state index in [4.69, 9.17) is 5.73 Å². The molecule has 0 saturated carbocycles. The van der Waals surface area contributed by atoms with Gasteiger partial charge < -0.3 is 11.1 Å². The largest absolute Gasteiger partial charge is 0.397 e. The van der Waals surface area contributed by atoms with Gasteiger partial charge in [0.1, 0.15) is 8.53 Å². The number of thiophene rings is 1. The second-order valence-corrected chi connectivity index (χ2v) is 7.59. The molecule has 0 aliphatic carbocycles. The van der Waals surface area contributed by atoms with Gasteiger partial charge in [-0.15, -0.1) is 11.3 Å². The van der Waals surface area contributed by atoms with Gasteiger partial charge >= 0.3 is 0 Å². The van der Waals surface area contributed by atoms with Gasteiger partial charge in [0.2, 0.25) is 0 Å². The number of nitrogens with two attached hydrogens (primary N) is 1. The third-order valence-electron chi connectivity index (χ3n) is 3.74. The molecule has 4 rings (SSSR count). The van der Waals surface area contributed by atoms with E-state index in [1.54, 1.807) is 24.7 Å². The smallest absolute Gasteiger partial charge is 0.265 e. The van der Waals surface area contributed by atoms with Crippen LogP contribution in [0.1, 0.15) is 9.67 Å². The predicted octanol–water partition coefficient (Wildman–Crippen LogP) is 4.19. The summed E-state index contributed by atoms with van der Waals surface area (Å²) in [6.07, 6.45) is 5.03. The van der Waals surface area contributed by atoms with Crippen LogP contribution in [0.3, 0.4) is 0 Å². The number of halogens is 1. The Balaban J connectivity index is 1.72. The van der Waals surface area contributed by atoms with Crippen LogP contribution in [0.25, 0.3) is 21.5 Å². The Bertz CT molecular complexity index is 1090. The number of hydrogen-bond donors (Lipinski definition) is 2. The summed E-state index contributed by atoms with van der Waals surface area (Å²) in [7, 11) is 0. The van der Waals surface area contributed by atoms with Crippen molar-refractivity contribution >= 4 is 61.4 Å². The summed E-state index contributed by atoms with van der Waals surface area (Å²) < 4.78 is 0.831. The molecule has 26 heavy (non-hydrogen) atoms. The molecule has 0 radical (unpaired) electrons. The van der Waals surface area contributed by atoms with Gasteiger partial charge in [-0.1, -0.05) is 6.07 Å².